The van der Waals surface area contributed by atoms with Crippen molar-refractivity contribution in [3.8, 4) is 11.6 Å². The molecule has 0 spiro atoms. The Bertz CT molecular complexity index is 568. The monoisotopic (exact) mass is 421 g/mol. The van der Waals surface area contributed by atoms with Crippen molar-refractivity contribution in [3.63, 3.8) is 0 Å². The lowest BCUT2D eigenvalue weighted by atomic mass is 10.1. The Kier molecular flexibility index (Phi) is 4.26. The minimum absolute atomic E-state index is 0.333. The number of anilines is 1. The molecule has 2 heterocycles. The molecule has 0 aliphatic rings. The van der Waals surface area contributed by atoms with E-state index in [0.29, 0.717) is 17.5 Å². The molecule has 2 aromatic rings. The topological polar surface area (TPSA) is 51.0 Å². The summed E-state index contributed by atoms with van der Waals surface area (Å²) in [7, 11) is 1.86. The molecule has 0 aliphatic heterocycles. The van der Waals surface area contributed by atoms with E-state index in [1.807, 2.05) is 13.1 Å². The van der Waals surface area contributed by atoms with Crippen molar-refractivity contribution in [2.24, 2.45) is 0 Å². The van der Waals surface area contributed by atoms with Crippen LogP contribution in [0.4, 0.5) is 5.82 Å². The van der Waals surface area contributed by atoms with E-state index in [4.69, 9.17) is 4.42 Å². The lowest BCUT2D eigenvalue weighted by Gasteiger charge is -2.12. The van der Waals surface area contributed by atoms with Crippen LogP contribution < -0.4 is 5.32 Å². The van der Waals surface area contributed by atoms with Crippen LogP contribution in [0.1, 0.15) is 25.5 Å². The van der Waals surface area contributed by atoms with Gasteiger partial charge in [-0.25, -0.2) is 9.97 Å². The first-order chi connectivity index (χ1) is 8.54. The normalized spacial score (nSPS) is 11.0. The van der Waals surface area contributed by atoms with Crippen LogP contribution >= 0.6 is 38.5 Å². The number of nitrogens with one attached hydrogen (secondary N) is 1. The molecule has 0 saturated carbocycles. The summed E-state index contributed by atoms with van der Waals surface area (Å²) in [5.74, 6) is 2.41. The van der Waals surface area contributed by atoms with E-state index < -0.39 is 0 Å². The highest BCUT2D eigenvalue weighted by molar-refractivity contribution is 14.1. The zero-order valence-corrected chi connectivity index (χ0v) is 14.0. The molecule has 18 heavy (non-hydrogen) atoms. The third kappa shape index (κ3) is 2.54. The third-order valence-electron chi connectivity index (χ3n) is 2.48. The molecular weight excluding hydrogens is 409 g/mol. The number of rotatable bonds is 3. The fraction of sp³-hybridized carbons (Fsp3) is 0.333. The fourth-order valence-corrected chi connectivity index (χ4v) is 3.08. The SMILES string of the molecule is CNc1nc(-c2occc2Br)nc(C(C)C)c1I. The van der Waals surface area contributed by atoms with Gasteiger partial charge >= 0.3 is 0 Å². The number of furan rings is 1. The maximum Gasteiger partial charge on any atom is 0.199 e. The second-order valence-corrected chi connectivity index (χ2v) is 6.03. The van der Waals surface area contributed by atoms with Crippen LogP contribution in [0.25, 0.3) is 11.6 Å². The van der Waals surface area contributed by atoms with Crippen LogP contribution in [0.2, 0.25) is 0 Å². The summed E-state index contributed by atoms with van der Waals surface area (Å²) < 4.78 is 7.34. The second kappa shape index (κ2) is 5.56. The van der Waals surface area contributed by atoms with Crippen molar-refractivity contribution in [3.05, 3.63) is 26.1 Å². The first-order valence-corrected chi connectivity index (χ1v) is 7.40. The summed E-state index contributed by atoms with van der Waals surface area (Å²) in [5, 5.41) is 3.10. The van der Waals surface area contributed by atoms with Crippen molar-refractivity contribution < 1.29 is 4.42 Å². The van der Waals surface area contributed by atoms with Crippen molar-refractivity contribution in [1.29, 1.82) is 0 Å². The average molecular weight is 422 g/mol. The Labute approximate surface area is 128 Å². The summed E-state index contributed by atoms with van der Waals surface area (Å²) in [6.45, 7) is 4.23. The summed E-state index contributed by atoms with van der Waals surface area (Å²) in [6.07, 6.45) is 1.62. The summed E-state index contributed by atoms with van der Waals surface area (Å²) in [5.41, 5.74) is 1.02. The Morgan fingerprint density at radius 3 is 2.61 bits per heavy atom. The van der Waals surface area contributed by atoms with Crippen LogP contribution in [-0.2, 0) is 0 Å². The lowest BCUT2D eigenvalue weighted by molar-refractivity contribution is 0.575. The Morgan fingerprint density at radius 2 is 2.11 bits per heavy atom. The second-order valence-electron chi connectivity index (χ2n) is 4.10. The van der Waals surface area contributed by atoms with Crippen molar-refractivity contribution in [1.82, 2.24) is 9.97 Å². The van der Waals surface area contributed by atoms with E-state index in [0.717, 1.165) is 19.6 Å². The highest BCUT2D eigenvalue weighted by Gasteiger charge is 2.18. The van der Waals surface area contributed by atoms with Gasteiger partial charge in [0.25, 0.3) is 0 Å². The van der Waals surface area contributed by atoms with E-state index >= 15 is 0 Å². The van der Waals surface area contributed by atoms with Crippen molar-refractivity contribution in [2.75, 3.05) is 12.4 Å². The van der Waals surface area contributed by atoms with Gasteiger partial charge < -0.3 is 9.73 Å². The third-order valence-corrected chi connectivity index (χ3v) is 4.17. The number of hydrogen-bond acceptors (Lipinski definition) is 4. The Balaban J connectivity index is 2.63. The molecule has 0 saturated heterocycles. The molecule has 0 aliphatic carbocycles. The van der Waals surface area contributed by atoms with Crippen LogP contribution in [0, 0.1) is 3.57 Å². The first-order valence-electron chi connectivity index (χ1n) is 5.53. The summed E-state index contributed by atoms with van der Waals surface area (Å²) in [6, 6.07) is 1.84. The standard InChI is InChI=1S/C12H13BrIN3O/c1-6(2)9-8(14)11(15-3)17-12(16-9)10-7(13)4-5-18-10/h4-6H,1-3H3,(H,15,16,17). The summed E-state index contributed by atoms with van der Waals surface area (Å²) >= 11 is 5.70. The highest BCUT2D eigenvalue weighted by atomic mass is 127. The van der Waals surface area contributed by atoms with Gasteiger partial charge in [-0.1, -0.05) is 13.8 Å². The Hall–Kier alpha value is -0.630. The molecule has 6 heteroatoms. The minimum atomic E-state index is 0.333. The minimum Gasteiger partial charge on any atom is -0.460 e. The molecule has 0 bridgehead atoms. The average Bonchev–Trinajstić information content (AvgIpc) is 2.75. The van der Waals surface area contributed by atoms with E-state index in [-0.39, 0.29) is 0 Å². The van der Waals surface area contributed by atoms with Gasteiger partial charge in [0.1, 0.15) is 5.82 Å². The quantitative estimate of drug-likeness (QED) is 0.752. The van der Waals surface area contributed by atoms with Crippen molar-refractivity contribution >= 4 is 44.3 Å². The molecule has 0 atom stereocenters. The van der Waals surface area contributed by atoms with Gasteiger partial charge in [-0.05, 0) is 50.5 Å². The van der Waals surface area contributed by atoms with Gasteiger partial charge in [-0.3, -0.25) is 0 Å². The highest BCUT2D eigenvalue weighted by Crippen LogP contribution is 2.31. The molecule has 0 unspecified atom stereocenters. The van der Waals surface area contributed by atoms with Gasteiger partial charge in [0, 0.05) is 7.05 Å². The summed E-state index contributed by atoms with van der Waals surface area (Å²) in [4.78, 5) is 9.08. The fourth-order valence-electron chi connectivity index (χ4n) is 1.57. The molecule has 0 aromatic carbocycles. The number of hydrogen-bond donors (Lipinski definition) is 1. The lowest BCUT2D eigenvalue weighted by Crippen LogP contribution is -2.06. The predicted octanol–water partition coefficient (Wildman–Crippen LogP) is 4.27. The number of halogens is 2. The number of nitrogens with zero attached hydrogens (tertiary/aromatic N) is 2. The molecule has 0 amide bonds. The number of aromatic nitrogens is 2. The zero-order chi connectivity index (χ0) is 13.3. The van der Waals surface area contributed by atoms with E-state index in [2.05, 4.69) is 67.7 Å². The molecule has 0 radical (unpaired) electrons. The van der Waals surface area contributed by atoms with Gasteiger partial charge in [-0.2, -0.15) is 0 Å². The predicted molar refractivity (Wildman–Crippen MR) is 83.8 cm³/mol. The molecule has 2 aromatic heterocycles. The van der Waals surface area contributed by atoms with E-state index in [1.165, 1.54) is 0 Å². The zero-order valence-electron chi connectivity index (χ0n) is 10.3. The van der Waals surface area contributed by atoms with E-state index in [1.54, 1.807) is 6.26 Å². The van der Waals surface area contributed by atoms with Gasteiger partial charge in [0.15, 0.2) is 11.6 Å². The molecule has 0 fully saturated rings. The van der Waals surface area contributed by atoms with Gasteiger partial charge in [0.05, 0.1) is 20.0 Å². The molecular formula is C12H13BrIN3O. The van der Waals surface area contributed by atoms with Gasteiger partial charge in [-0.15, -0.1) is 0 Å². The molecule has 1 N–H and O–H groups in total. The maximum absolute atomic E-state index is 5.42. The smallest absolute Gasteiger partial charge is 0.199 e. The van der Waals surface area contributed by atoms with Crippen LogP contribution in [-0.4, -0.2) is 17.0 Å². The van der Waals surface area contributed by atoms with Crippen LogP contribution in [0.5, 0.6) is 0 Å². The van der Waals surface area contributed by atoms with Crippen LogP contribution in [0.3, 0.4) is 0 Å². The molecule has 4 nitrogen and oxygen atoms in total. The maximum atomic E-state index is 5.42. The molecule has 2 rings (SSSR count). The van der Waals surface area contributed by atoms with Gasteiger partial charge in [0.2, 0.25) is 0 Å². The largest absolute Gasteiger partial charge is 0.460 e. The van der Waals surface area contributed by atoms with E-state index in [9.17, 15) is 0 Å². The molecule has 96 valence electrons. The van der Waals surface area contributed by atoms with Crippen molar-refractivity contribution in [2.45, 2.75) is 19.8 Å². The first kappa shape index (κ1) is 13.8. The van der Waals surface area contributed by atoms with Crippen LogP contribution in [0.15, 0.2) is 21.2 Å². The Morgan fingerprint density at radius 1 is 1.39 bits per heavy atom.